The van der Waals surface area contributed by atoms with Crippen molar-refractivity contribution in [2.75, 3.05) is 11.9 Å². The summed E-state index contributed by atoms with van der Waals surface area (Å²) in [5, 5.41) is 2.88. The van der Waals surface area contributed by atoms with Crippen LogP contribution in [0.2, 0.25) is 0 Å². The molecule has 2 rings (SSSR count). The third-order valence-electron chi connectivity index (χ3n) is 3.52. The fourth-order valence-electron chi connectivity index (χ4n) is 2.15. The molecule has 126 valence electrons. The highest BCUT2D eigenvalue weighted by atomic mass is 79.9. The van der Waals surface area contributed by atoms with Gasteiger partial charge in [-0.05, 0) is 68.3 Å². The lowest BCUT2D eigenvalue weighted by molar-refractivity contribution is -0.116. The van der Waals surface area contributed by atoms with Gasteiger partial charge in [-0.15, -0.1) is 0 Å². The average Bonchev–Trinajstić information content (AvgIpc) is 2.55. The molecule has 0 radical (unpaired) electrons. The molecular weight excluding hydrogens is 370 g/mol. The number of hydrogen-bond acceptors (Lipinski definition) is 3. The molecule has 0 atom stereocenters. The minimum atomic E-state index is -0.0350. The molecule has 0 heterocycles. The van der Waals surface area contributed by atoms with Crippen molar-refractivity contribution in [2.45, 2.75) is 26.7 Å². The highest BCUT2D eigenvalue weighted by molar-refractivity contribution is 9.10. The molecular formula is C19H20BrNO3. The lowest BCUT2D eigenvalue weighted by atomic mass is 10.1. The average molecular weight is 390 g/mol. The van der Waals surface area contributed by atoms with Gasteiger partial charge in [0.2, 0.25) is 5.91 Å². The number of halogens is 1. The Hall–Kier alpha value is -2.14. The zero-order valence-electron chi connectivity index (χ0n) is 13.8. The molecule has 0 aliphatic carbocycles. The van der Waals surface area contributed by atoms with Crippen LogP contribution in [0, 0.1) is 6.92 Å². The van der Waals surface area contributed by atoms with Crippen LogP contribution < -0.4 is 10.1 Å². The van der Waals surface area contributed by atoms with Crippen LogP contribution in [0.4, 0.5) is 5.69 Å². The first-order valence-electron chi connectivity index (χ1n) is 7.75. The van der Waals surface area contributed by atoms with Gasteiger partial charge in [-0.1, -0.05) is 15.9 Å². The molecule has 0 fully saturated rings. The van der Waals surface area contributed by atoms with Crippen LogP contribution in [0.15, 0.2) is 46.9 Å². The number of amides is 1. The topological polar surface area (TPSA) is 55.4 Å². The lowest BCUT2D eigenvalue weighted by Gasteiger charge is -2.08. The highest BCUT2D eigenvalue weighted by Crippen LogP contribution is 2.20. The molecule has 1 amide bonds. The molecule has 0 saturated heterocycles. The van der Waals surface area contributed by atoms with E-state index in [1.54, 1.807) is 24.3 Å². The van der Waals surface area contributed by atoms with E-state index in [0.717, 1.165) is 15.7 Å². The zero-order chi connectivity index (χ0) is 17.5. The first kappa shape index (κ1) is 18.2. The van der Waals surface area contributed by atoms with E-state index in [0.29, 0.717) is 30.8 Å². The molecule has 0 bridgehead atoms. The predicted octanol–water partition coefficient (Wildman–Crippen LogP) is 4.76. The van der Waals surface area contributed by atoms with Crippen molar-refractivity contribution >= 4 is 33.3 Å². The number of ether oxygens (including phenoxy) is 1. The largest absolute Gasteiger partial charge is 0.494 e. The molecule has 24 heavy (non-hydrogen) atoms. The Morgan fingerprint density at radius 1 is 1.12 bits per heavy atom. The predicted molar refractivity (Wildman–Crippen MR) is 98.7 cm³/mol. The van der Waals surface area contributed by atoms with Gasteiger partial charge in [-0.25, -0.2) is 0 Å². The van der Waals surface area contributed by atoms with Crippen LogP contribution in [0.25, 0.3) is 0 Å². The number of carbonyl (C=O) groups excluding carboxylic acids is 2. The fraction of sp³-hybridized carbons (Fsp3) is 0.263. The second-order valence-electron chi connectivity index (χ2n) is 5.54. The summed E-state index contributed by atoms with van der Waals surface area (Å²) in [6, 6.07) is 12.7. The van der Waals surface area contributed by atoms with Gasteiger partial charge in [-0.3, -0.25) is 9.59 Å². The van der Waals surface area contributed by atoms with Gasteiger partial charge in [0, 0.05) is 22.1 Å². The molecule has 4 nitrogen and oxygen atoms in total. The van der Waals surface area contributed by atoms with E-state index in [1.165, 1.54) is 6.92 Å². The van der Waals surface area contributed by atoms with Crippen LogP contribution >= 0.6 is 15.9 Å². The molecule has 0 aliphatic heterocycles. The SMILES string of the molecule is CC(=O)c1ccc(OCCCC(=O)Nc2ccc(Br)c(C)c2)cc1. The minimum Gasteiger partial charge on any atom is -0.494 e. The Labute approximate surface area is 150 Å². The standard InChI is InChI=1S/C19H20BrNO3/c1-13-12-16(7-10-18(13)20)21-19(23)4-3-11-24-17-8-5-15(6-9-17)14(2)22/h5-10,12H,3-4,11H2,1-2H3,(H,21,23). The van der Waals surface area contributed by atoms with E-state index < -0.39 is 0 Å². The van der Waals surface area contributed by atoms with Gasteiger partial charge in [0.25, 0.3) is 0 Å². The number of nitrogens with one attached hydrogen (secondary N) is 1. The monoisotopic (exact) mass is 389 g/mol. The van der Waals surface area contributed by atoms with Gasteiger partial charge in [0.05, 0.1) is 6.61 Å². The summed E-state index contributed by atoms with van der Waals surface area (Å²) in [6.07, 6.45) is 1.01. The summed E-state index contributed by atoms with van der Waals surface area (Å²) in [5.41, 5.74) is 2.53. The fourth-order valence-corrected chi connectivity index (χ4v) is 2.40. The van der Waals surface area contributed by atoms with Crippen LogP contribution in [0.5, 0.6) is 5.75 Å². The number of carbonyl (C=O) groups is 2. The Morgan fingerprint density at radius 3 is 2.46 bits per heavy atom. The molecule has 0 aromatic heterocycles. The van der Waals surface area contributed by atoms with Gasteiger partial charge < -0.3 is 10.1 Å². The van der Waals surface area contributed by atoms with E-state index in [1.807, 2.05) is 25.1 Å². The summed E-state index contributed by atoms with van der Waals surface area (Å²) in [5.74, 6) is 0.692. The van der Waals surface area contributed by atoms with E-state index >= 15 is 0 Å². The first-order chi connectivity index (χ1) is 11.5. The van der Waals surface area contributed by atoms with Crippen molar-refractivity contribution < 1.29 is 14.3 Å². The number of aryl methyl sites for hydroxylation is 1. The maximum Gasteiger partial charge on any atom is 0.224 e. The van der Waals surface area contributed by atoms with Crippen LogP contribution in [0.1, 0.15) is 35.7 Å². The van der Waals surface area contributed by atoms with E-state index in [2.05, 4.69) is 21.2 Å². The van der Waals surface area contributed by atoms with Crippen LogP contribution in [-0.4, -0.2) is 18.3 Å². The lowest BCUT2D eigenvalue weighted by Crippen LogP contribution is -2.13. The number of anilines is 1. The van der Waals surface area contributed by atoms with Crippen molar-refractivity contribution in [3.63, 3.8) is 0 Å². The zero-order valence-corrected chi connectivity index (χ0v) is 15.4. The summed E-state index contributed by atoms with van der Waals surface area (Å²) in [7, 11) is 0. The summed E-state index contributed by atoms with van der Waals surface area (Å²) < 4.78 is 6.60. The van der Waals surface area contributed by atoms with E-state index in [-0.39, 0.29) is 11.7 Å². The third-order valence-corrected chi connectivity index (χ3v) is 4.41. The van der Waals surface area contributed by atoms with E-state index in [9.17, 15) is 9.59 Å². The van der Waals surface area contributed by atoms with Crippen LogP contribution in [-0.2, 0) is 4.79 Å². The second-order valence-corrected chi connectivity index (χ2v) is 6.40. The number of rotatable bonds is 7. The number of ketones is 1. The molecule has 0 saturated carbocycles. The van der Waals surface area contributed by atoms with Gasteiger partial charge in [-0.2, -0.15) is 0 Å². The second kappa shape index (κ2) is 8.64. The molecule has 5 heteroatoms. The highest BCUT2D eigenvalue weighted by Gasteiger charge is 2.05. The number of Topliss-reactive ketones (excluding diaryl/α,β-unsaturated/α-hetero) is 1. The summed E-state index contributed by atoms with van der Waals surface area (Å²) in [6.45, 7) is 3.96. The molecule has 0 unspecified atom stereocenters. The van der Waals surface area contributed by atoms with Crippen molar-refractivity contribution in [3.8, 4) is 5.75 Å². The summed E-state index contributed by atoms with van der Waals surface area (Å²) >= 11 is 3.43. The van der Waals surface area contributed by atoms with Crippen molar-refractivity contribution in [1.82, 2.24) is 0 Å². The Bertz CT molecular complexity index is 726. The van der Waals surface area contributed by atoms with Gasteiger partial charge in [0.1, 0.15) is 5.75 Å². The molecule has 2 aromatic carbocycles. The van der Waals surface area contributed by atoms with Crippen molar-refractivity contribution in [2.24, 2.45) is 0 Å². The minimum absolute atomic E-state index is 0.0291. The van der Waals surface area contributed by atoms with E-state index in [4.69, 9.17) is 4.74 Å². The van der Waals surface area contributed by atoms with Crippen molar-refractivity contribution in [1.29, 1.82) is 0 Å². The van der Waals surface area contributed by atoms with Crippen LogP contribution in [0.3, 0.4) is 0 Å². The molecule has 2 aromatic rings. The Kier molecular flexibility index (Phi) is 6.55. The first-order valence-corrected chi connectivity index (χ1v) is 8.55. The maximum atomic E-state index is 11.9. The number of hydrogen-bond donors (Lipinski definition) is 1. The Morgan fingerprint density at radius 2 is 1.83 bits per heavy atom. The quantitative estimate of drug-likeness (QED) is 0.548. The number of benzene rings is 2. The Balaban J connectivity index is 1.72. The smallest absolute Gasteiger partial charge is 0.224 e. The molecule has 0 aliphatic rings. The summed E-state index contributed by atoms with van der Waals surface area (Å²) in [4.78, 5) is 23.1. The van der Waals surface area contributed by atoms with Gasteiger partial charge in [0.15, 0.2) is 5.78 Å². The third kappa shape index (κ3) is 5.49. The molecule has 0 spiro atoms. The van der Waals surface area contributed by atoms with Crippen molar-refractivity contribution in [3.05, 3.63) is 58.1 Å². The van der Waals surface area contributed by atoms with Gasteiger partial charge >= 0.3 is 0 Å². The maximum absolute atomic E-state index is 11.9. The molecule has 1 N–H and O–H groups in total. The normalized spacial score (nSPS) is 10.3.